The average molecular weight is 184 g/mol. The van der Waals surface area contributed by atoms with Gasteiger partial charge in [0.2, 0.25) is 0 Å². The van der Waals surface area contributed by atoms with E-state index in [1.807, 2.05) is 19.1 Å². The van der Waals surface area contributed by atoms with Crippen LogP contribution in [0.15, 0.2) is 55.1 Å². The minimum absolute atomic E-state index is 1.03. The summed E-state index contributed by atoms with van der Waals surface area (Å²) in [5.74, 6) is 0. The van der Waals surface area contributed by atoms with Crippen molar-refractivity contribution in [3.8, 4) is 0 Å². The maximum atomic E-state index is 4.02. The molecule has 0 amide bonds. The van der Waals surface area contributed by atoms with Gasteiger partial charge in [0.05, 0.1) is 0 Å². The van der Waals surface area contributed by atoms with Crippen molar-refractivity contribution in [1.29, 1.82) is 0 Å². The number of aryl methyl sites for hydroxylation is 1. The maximum absolute atomic E-state index is 4.02. The van der Waals surface area contributed by atoms with E-state index in [1.165, 1.54) is 5.56 Å². The largest absolute Gasteiger partial charge is 0.0988 e. The van der Waals surface area contributed by atoms with Crippen molar-refractivity contribution in [1.82, 2.24) is 0 Å². The molecule has 0 aromatic heterocycles. The summed E-state index contributed by atoms with van der Waals surface area (Å²) in [6, 6.07) is 8.37. The van der Waals surface area contributed by atoms with Gasteiger partial charge in [0, 0.05) is 0 Å². The van der Waals surface area contributed by atoms with E-state index >= 15 is 0 Å². The molecule has 0 atom stereocenters. The van der Waals surface area contributed by atoms with Crippen LogP contribution in [0.4, 0.5) is 0 Å². The molecule has 0 radical (unpaired) electrons. The Labute approximate surface area is 86.3 Å². The monoisotopic (exact) mass is 184 g/mol. The lowest BCUT2D eigenvalue weighted by Crippen LogP contribution is -1.80. The zero-order chi connectivity index (χ0) is 10.6. The fourth-order valence-corrected chi connectivity index (χ4v) is 1.18. The Morgan fingerprint density at radius 3 is 2.29 bits per heavy atom. The number of benzene rings is 1. The summed E-state index contributed by atoms with van der Waals surface area (Å²) in [5, 5.41) is 0. The van der Waals surface area contributed by atoms with E-state index in [9.17, 15) is 0 Å². The van der Waals surface area contributed by atoms with Crippen molar-refractivity contribution in [3.63, 3.8) is 0 Å². The number of hydrogen-bond acceptors (Lipinski definition) is 0. The molecule has 0 N–H and O–H groups in total. The van der Waals surface area contributed by atoms with E-state index in [0.29, 0.717) is 0 Å². The van der Waals surface area contributed by atoms with Gasteiger partial charge in [-0.15, -0.1) is 0 Å². The van der Waals surface area contributed by atoms with Gasteiger partial charge in [-0.05, 0) is 25.0 Å². The number of rotatable bonds is 3. The van der Waals surface area contributed by atoms with E-state index in [2.05, 4.69) is 44.3 Å². The van der Waals surface area contributed by atoms with Gasteiger partial charge in [0.1, 0.15) is 0 Å². The van der Waals surface area contributed by atoms with Gasteiger partial charge in [-0.1, -0.05) is 60.7 Å². The molecular formula is C14H16. The van der Waals surface area contributed by atoms with Gasteiger partial charge in [0.25, 0.3) is 0 Å². The third-order valence-electron chi connectivity index (χ3n) is 2.15. The molecule has 1 aromatic rings. The second-order valence-corrected chi connectivity index (χ2v) is 3.48. The lowest BCUT2D eigenvalue weighted by Gasteiger charge is -2.01. The minimum Gasteiger partial charge on any atom is -0.0988 e. The van der Waals surface area contributed by atoms with Crippen LogP contribution in [-0.2, 0) is 0 Å². The molecule has 0 saturated heterocycles. The molecule has 0 aliphatic rings. The lowest BCUT2D eigenvalue weighted by molar-refractivity contribution is 1.45. The Hall–Kier alpha value is -1.56. The molecule has 0 bridgehead atoms. The van der Waals surface area contributed by atoms with Crippen LogP contribution in [0, 0.1) is 6.92 Å². The molecule has 14 heavy (non-hydrogen) atoms. The molecule has 0 aliphatic carbocycles. The predicted molar refractivity (Wildman–Crippen MR) is 64.2 cm³/mol. The Kier molecular flexibility index (Phi) is 3.47. The average Bonchev–Trinajstić information content (AvgIpc) is 2.18. The first-order valence-electron chi connectivity index (χ1n) is 4.70. The van der Waals surface area contributed by atoms with Crippen LogP contribution >= 0.6 is 0 Å². The van der Waals surface area contributed by atoms with Crippen LogP contribution in [0.3, 0.4) is 0 Å². The highest BCUT2D eigenvalue weighted by molar-refractivity contribution is 5.73. The molecule has 1 rings (SSSR count). The van der Waals surface area contributed by atoms with E-state index in [1.54, 1.807) is 0 Å². The molecule has 0 saturated carbocycles. The van der Waals surface area contributed by atoms with Gasteiger partial charge in [-0.3, -0.25) is 0 Å². The van der Waals surface area contributed by atoms with Crippen LogP contribution in [-0.4, -0.2) is 0 Å². The maximum Gasteiger partial charge on any atom is -0.0190 e. The summed E-state index contributed by atoms with van der Waals surface area (Å²) >= 11 is 0. The predicted octanol–water partition coefficient (Wildman–Crippen LogP) is 4.14. The van der Waals surface area contributed by atoms with E-state index < -0.39 is 0 Å². The van der Waals surface area contributed by atoms with Gasteiger partial charge in [-0.25, -0.2) is 0 Å². The van der Waals surface area contributed by atoms with Gasteiger partial charge in [0.15, 0.2) is 0 Å². The van der Waals surface area contributed by atoms with Crippen LogP contribution < -0.4 is 0 Å². The highest BCUT2D eigenvalue weighted by atomic mass is 14.0. The molecule has 0 spiro atoms. The molecule has 0 unspecified atom stereocenters. The Balaban J connectivity index is 2.90. The van der Waals surface area contributed by atoms with Crippen molar-refractivity contribution in [2.45, 2.75) is 13.8 Å². The van der Waals surface area contributed by atoms with E-state index in [-0.39, 0.29) is 0 Å². The van der Waals surface area contributed by atoms with Crippen LogP contribution in [0.2, 0.25) is 0 Å². The third kappa shape index (κ3) is 2.74. The number of allylic oxidation sites excluding steroid dienone is 4. The summed E-state index contributed by atoms with van der Waals surface area (Å²) in [5.41, 5.74) is 4.60. The van der Waals surface area contributed by atoms with E-state index in [0.717, 1.165) is 16.7 Å². The fraction of sp³-hybridized carbons (Fsp3) is 0.143. The summed E-state index contributed by atoms with van der Waals surface area (Å²) in [7, 11) is 0. The normalized spacial score (nSPS) is 11.1. The van der Waals surface area contributed by atoms with E-state index in [4.69, 9.17) is 0 Å². The first-order chi connectivity index (χ1) is 6.63. The zero-order valence-electron chi connectivity index (χ0n) is 8.88. The topological polar surface area (TPSA) is 0 Å². The molecule has 0 nitrogen and oxygen atoms in total. The lowest BCUT2D eigenvalue weighted by atomic mass is 10.0. The zero-order valence-corrected chi connectivity index (χ0v) is 8.88. The Bertz CT molecular complexity index is 364. The second kappa shape index (κ2) is 4.61. The van der Waals surface area contributed by atoms with Crippen molar-refractivity contribution in [2.24, 2.45) is 0 Å². The van der Waals surface area contributed by atoms with Gasteiger partial charge < -0.3 is 0 Å². The Morgan fingerprint density at radius 1 is 1.21 bits per heavy atom. The molecular weight excluding hydrogens is 168 g/mol. The second-order valence-electron chi connectivity index (χ2n) is 3.48. The van der Waals surface area contributed by atoms with Crippen molar-refractivity contribution in [2.75, 3.05) is 0 Å². The quantitative estimate of drug-likeness (QED) is 0.619. The molecule has 0 fully saturated rings. The molecule has 1 aromatic carbocycles. The van der Waals surface area contributed by atoms with Crippen molar-refractivity contribution in [3.05, 3.63) is 66.3 Å². The highest BCUT2D eigenvalue weighted by Crippen LogP contribution is 2.16. The minimum atomic E-state index is 1.03. The van der Waals surface area contributed by atoms with Crippen LogP contribution in [0.25, 0.3) is 5.57 Å². The molecule has 72 valence electrons. The third-order valence-corrected chi connectivity index (χ3v) is 2.15. The summed E-state index contributed by atoms with van der Waals surface area (Å²) in [4.78, 5) is 0. The van der Waals surface area contributed by atoms with Crippen molar-refractivity contribution >= 4 is 5.57 Å². The SMILES string of the molecule is C=C/C(C)=C/C(=C)c1ccc(C)cc1. The first-order valence-corrected chi connectivity index (χ1v) is 4.70. The summed E-state index contributed by atoms with van der Waals surface area (Å²) < 4.78 is 0. The molecule has 0 heterocycles. The summed E-state index contributed by atoms with van der Waals surface area (Å²) in [6.07, 6.45) is 3.87. The van der Waals surface area contributed by atoms with Gasteiger partial charge in [-0.2, -0.15) is 0 Å². The van der Waals surface area contributed by atoms with Crippen molar-refractivity contribution < 1.29 is 0 Å². The summed E-state index contributed by atoms with van der Waals surface area (Å²) in [6.45, 7) is 11.8. The standard InChI is InChI=1S/C14H16/c1-5-11(2)10-13(4)14-8-6-12(3)7-9-14/h5-10H,1,4H2,2-3H3/b11-10+. The number of hydrogen-bond donors (Lipinski definition) is 0. The molecule has 0 heteroatoms. The molecule has 0 aliphatic heterocycles. The van der Waals surface area contributed by atoms with Crippen LogP contribution in [0.5, 0.6) is 0 Å². The fourth-order valence-electron chi connectivity index (χ4n) is 1.18. The van der Waals surface area contributed by atoms with Crippen LogP contribution in [0.1, 0.15) is 18.1 Å². The highest BCUT2D eigenvalue weighted by Gasteiger charge is 1.94. The van der Waals surface area contributed by atoms with Gasteiger partial charge >= 0.3 is 0 Å². The Morgan fingerprint density at radius 2 is 1.79 bits per heavy atom. The first kappa shape index (κ1) is 10.5. The smallest absolute Gasteiger partial charge is 0.0190 e.